The number of hydrogen-bond donors (Lipinski definition) is 1. The molecule has 0 aliphatic heterocycles. The molecule has 2 N–H and O–H groups in total. The van der Waals surface area contributed by atoms with E-state index in [1.807, 2.05) is 0 Å². The fourth-order valence-electron chi connectivity index (χ4n) is 1.57. The highest BCUT2D eigenvalue weighted by Crippen LogP contribution is 2.48. The van der Waals surface area contributed by atoms with Gasteiger partial charge in [0.25, 0.3) is 0 Å². The van der Waals surface area contributed by atoms with Crippen LogP contribution in [0.15, 0.2) is 0 Å². The molecule has 0 saturated heterocycles. The molecule has 1 aliphatic rings. The van der Waals surface area contributed by atoms with Gasteiger partial charge in [-0.15, -0.1) is 11.8 Å². The Kier molecular flexibility index (Phi) is 2.55. The second-order valence-corrected chi connectivity index (χ2v) is 6.75. The van der Waals surface area contributed by atoms with Crippen LogP contribution in [0.5, 0.6) is 0 Å². The summed E-state index contributed by atoms with van der Waals surface area (Å²) in [6.45, 7) is 7.67. The van der Waals surface area contributed by atoms with E-state index in [0.29, 0.717) is 9.49 Å². The summed E-state index contributed by atoms with van der Waals surface area (Å²) in [4.78, 5) is 0. The Hall–Kier alpha value is 0.310. The van der Waals surface area contributed by atoms with E-state index in [0.717, 1.165) is 6.54 Å². The molecule has 1 fully saturated rings. The molecule has 0 heterocycles. The highest BCUT2D eigenvalue weighted by atomic mass is 32.2. The third-order valence-electron chi connectivity index (χ3n) is 2.16. The standard InChI is InChI=1S/C9H19NS/c1-8(2,3)11-9(7-10)5-4-6-9/h4-7,10H2,1-3H3. The summed E-state index contributed by atoms with van der Waals surface area (Å²) >= 11 is 2.07. The van der Waals surface area contributed by atoms with Gasteiger partial charge < -0.3 is 5.73 Å². The van der Waals surface area contributed by atoms with Crippen LogP contribution in [-0.4, -0.2) is 16.0 Å². The zero-order valence-corrected chi connectivity index (χ0v) is 8.63. The normalized spacial score (nSPS) is 22.9. The van der Waals surface area contributed by atoms with Crippen LogP contribution in [-0.2, 0) is 0 Å². The molecule has 1 saturated carbocycles. The van der Waals surface area contributed by atoms with Gasteiger partial charge >= 0.3 is 0 Å². The Morgan fingerprint density at radius 2 is 1.91 bits per heavy atom. The van der Waals surface area contributed by atoms with Crippen LogP contribution in [0.25, 0.3) is 0 Å². The minimum Gasteiger partial charge on any atom is -0.329 e. The van der Waals surface area contributed by atoms with E-state index < -0.39 is 0 Å². The van der Waals surface area contributed by atoms with Crippen LogP contribution < -0.4 is 5.73 Å². The maximum Gasteiger partial charge on any atom is 0.0287 e. The van der Waals surface area contributed by atoms with Crippen molar-refractivity contribution in [1.29, 1.82) is 0 Å². The van der Waals surface area contributed by atoms with Crippen molar-refractivity contribution in [1.82, 2.24) is 0 Å². The SMILES string of the molecule is CC(C)(C)SC1(CN)CCC1. The van der Waals surface area contributed by atoms with Crippen LogP contribution in [0.4, 0.5) is 0 Å². The minimum absolute atomic E-state index is 0.375. The smallest absolute Gasteiger partial charge is 0.0287 e. The van der Waals surface area contributed by atoms with Crippen molar-refractivity contribution in [2.75, 3.05) is 6.54 Å². The van der Waals surface area contributed by atoms with E-state index in [1.165, 1.54) is 19.3 Å². The average molecular weight is 173 g/mol. The summed E-state index contributed by atoms with van der Waals surface area (Å²) in [7, 11) is 0. The minimum atomic E-state index is 0.375. The Labute approximate surface area is 74.1 Å². The fraction of sp³-hybridized carbons (Fsp3) is 1.00. The Morgan fingerprint density at radius 3 is 2.00 bits per heavy atom. The fourth-order valence-corrected chi connectivity index (χ4v) is 3.44. The highest BCUT2D eigenvalue weighted by Gasteiger charge is 2.39. The van der Waals surface area contributed by atoms with Gasteiger partial charge in [-0.05, 0) is 12.8 Å². The van der Waals surface area contributed by atoms with Crippen molar-refractivity contribution >= 4 is 11.8 Å². The molecule has 0 bridgehead atoms. The first-order valence-electron chi connectivity index (χ1n) is 4.38. The first-order chi connectivity index (χ1) is 4.97. The number of hydrogen-bond acceptors (Lipinski definition) is 2. The monoisotopic (exact) mass is 173 g/mol. The predicted molar refractivity (Wildman–Crippen MR) is 53.0 cm³/mol. The van der Waals surface area contributed by atoms with Gasteiger partial charge in [0.05, 0.1) is 0 Å². The maximum atomic E-state index is 5.76. The van der Waals surface area contributed by atoms with E-state index in [-0.39, 0.29) is 0 Å². The van der Waals surface area contributed by atoms with Crippen molar-refractivity contribution in [2.24, 2.45) is 5.73 Å². The molecule has 1 aliphatic carbocycles. The van der Waals surface area contributed by atoms with Crippen molar-refractivity contribution in [3.8, 4) is 0 Å². The molecular formula is C9H19NS. The Morgan fingerprint density at radius 1 is 1.36 bits per heavy atom. The highest BCUT2D eigenvalue weighted by molar-refractivity contribution is 8.02. The first-order valence-corrected chi connectivity index (χ1v) is 5.19. The lowest BCUT2D eigenvalue weighted by molar-refractivity contribution is 0.367. The summed E-state index contributed by atoms with van der Waals surface area (Å²) in [5, 5.41) is 0. The molecule has 0 spiro atoms. The summed E-state index contributed by atoms with van der Waals surface area (Å²) < 4.78 is 0.818. The molecule has 1 nitrogen and oxygen atoms in total. The average Bonchev–Trinajstić information content (AvgIpc) is 1.77. The van der Waals surface area contributed by atoms with Gasteiger partial charge in [-0.3, -0.25) is 0 Å². The van der Waals surface area contributed by atoms with E-state index in [9.17, 15) is 0 Å². The van der Waals surface area contributed by atoms with Crippen LogP contribution in [0.1, 0.15) is 40.0 Å². The molecule has 0 atom stereocenters. The van der Waals surface area contributed by atoms with Gasteiger partial charge in [-0.2, -0.15) is 0 Å². The molecule has 0 aromatic carbocycles. The Bertz CT molecular complexity index is 127. The molecule has 0 aromatic rings. The number of rotatable bonds is 2. The van der Waals surface area contributed by atoms with Gasteiger partial charge in [0.15, 0.2) is 0 Å². The van der Waals surface area contributed by atoms with E-state index >= 15 is 0 Å². The summed E-state index contributed by atoms with van der Waals surface area (Å²) in [6.07, 6.45) is 4.02. The predicted octanol–water partition coefficient (Wildman–Crippen LogP) is 2.40. The quantitative estimate of drug-likeness (QED) is 0.694. The van der Waals surface area contributed by atoms with Gasteiger partial charge in [0.2, 0.25) is 0 Å². The van der Waals surface area contributed by atoms with Crippen molar-refractivity contribution in [3.63, 3.8) is 0 Å². The van der Waals surface area contributed by atoms with E-state index in [4.69, 9.17) is 5.73 Å². The molecule has 1 rings (SSSR count). The van der Waals surface area contributed by atoms with Gasteiger partial charge in [-0.1, -0.05) is 27.2 Å². The molecule has 0 unspecified atom stereocenters. The van der Waals surface area contributed by atoms with Crippen molar-refractivity contribution < 1.29 is 0 Å². The summed E-state index contributed by atoms with van der Waals surface area (Å²) in [5.74, 6) is 0. The van der Waals surface area contributed by atoms with Crippen LogP contribution in [0, 0.1) is 0 Å². The molecule has 66 valence electrons. The molecule has 11 heavy (non-hydrogen) atoms. The third-order valence-corrected chi connectivity index (χ3v) is 3.78. The second kappa shape index (κ2) is 2.98. The third kappa shape index (κ3) is 2.38. The largest absolute Gasteiger partial charge is 0.329 e. The van der Waals surface area contributed by atoms with Crippen molar-refractivity contribution in [3.05, 3.63) is 0 Å². The van der Waals surface area contributed by atoms with Crippen LogP contribution >= 0.6 is 11.8 Å². The van der Waals surface area contributed by atoms with E-state index in [1.54, 1.807) is 0 Å². The maximum absolute atomic E-state index is 5.76. The molecule has 0 amide bonds. The molecule has 2 heteroatoms. The van der Waals surface area contributed by atoms with Gasteiger partial charge in [-0.25, -0.2) is 0 Å². The summed E-state index contributed by atoms with van der Waals surface area (Å²) in [6, 6.07) is 0. The second-order valence-electron chi connectivity index (χ2n) is 4.46. The van der Waals surface area contributed by atoms with Crippen LogP contribution in [0.3, 0.4) is 0 Å². The number of nitrogens with two attached hydrogens (primary N) is 1. The van der Waals surface area contributed by atoms with Gasteiger partial charge in [0.1, 0.15) is 0 Å². The first kappa shape index (κ1) is 9.40. The topological polar surface area (TPSA) is 26.0 Å². The lowest BCUT2D eigenvalue weighted by Gasteiger charge is -2.44. The molecule has 0 radical (unpaired) electrons. The Balaban J connectivity index is 2.45. The molecule has 0 aromatic heterocycles. The van der Waals surface area contributed by atoms with Crippen molar-refractivity contribution in [2.45, 2.75) is 49.5 Å². The molecular weight excluding hydrogens is 154 g/mol. The number of thioether (sulfide) groups is 1. The zero-order chi connectivity index (χ0) is 8.54. The van der Waals surface area contributed by atoms with Crippen LogP contribution in [0.2, 0.25) is 0 Å². The lowest BCUT2D eigenvalue weighted by Crippen LogP contribution is -2.43. The lowest BCUT2D eigenvalue weighted by atomic mass is 9.84. The van der Waals surface area contributed by atoms with Gasteiger partial charge in [0, 0.05) is 16.0 Å². The summed E-state index contributed by atoms with van der Waals surface area (Å²) in [5.41, 5.74) is 5.76. The zero-order valence-electron chi connectivity index (χ0n) is 7.81. The van der Waals surface area contributed by atoms with E-state index in [2.05, 4.69) is 32.5 Å².